The molecule has 9 nitrogen and oxygen atoms in total. The van der Waals surface area contributed by atoms with E-state index in [1.54, 1.807) is 62.4 Å². The summed E-state index contributed by atoms with van der Waals surface area (Å²) in [7, 11) is 1.51. The first-order valence-electron chi connectivity index (χ1n) is 11.6. The Morgan fingerprint density at radius 3 is 2.13 bits per heavy atom. The third-order valence-electron chi connectivity index (χ3n) is 5.50. The number of anilines is 3. The van der Waals surface area contributed by atoms with Gasteiger partial charge >= 0.3 is 5.97 Å². The third-order valence-corrected chi connectivity index (χ3v) is 5.85. The van der Waals surface area contributed by atoms with Gasteiger partial charge in [-0.25, -0.2) is 9.69 Å². The fourth-order valence-corrected chi connectivity index (χ4v) is 3.88. The topological polar surface area (TPSA) is 114 Å². The highest BCUT2D eigenvalue weighted by atomic mass is 35.5. The highest BCUT2D eigenvalue weighted by Gasteiger charge is 2.39. The molecule has 0 radical (unpaired) electrons. The van der Waals surface area contributed by atoms with Gasteiger partial charge in [-0.15, -0.1) is 0 Å². The number of esters is 1. The van der Waals surface area contributed by atoms with Crippen molar-refractivity contribution in [3.05, 3.63) is 94.7 Å². The van der Waals surface area contributed by atoms with Crippen LogP contribution in [0.25, 0.3) is 0 Å². The van der Waals surface area contributed by atoms with Crippen molar-refractivity contribution in [3.63, 3.8) is 0 Å². The van der Waals surface area contributed by atoms with E-state index in [0.717, 1.165) is 4.90 Å². The lowest BCUT2D eigenvalue weighted by molar-refractivity contribution is -0.120. The zero-order valence-corrected chi connectivity index (χ0v) is 21.5. The van der Waals surface area contributed by atoms with Crippen molar-refractivity contribution < 1.29 is 28.7 Å². The maximum Gasteiger partial charge on any atom is 0.338 e. The van der Waals surface area contributed by atoms with Gasteiger partial charge in [0.15, 0.2) is 0 Å². The summed E-state index contributed by atoms with van der Waals surface area (Å²) < 4.78 is 10.4. The zero-order chi connectivity index (χ0) is 27.4. The number of carbonyl (C=O) groups is 4. The monoisotopic (exact) mass is 533 g/mol. The van der Waals surface area contributed by atoms with Gasteiger partial charge in [0, 0.05) is 11.3 Å². The summed E-state index contributed by atoms with van der Waals surface area (Å²) in [4.78, 5) is 51.5. The van der Waals surface area contributed by atoms with Crippen molar-refractivity contribution in [2.75, 3.05) is 22.6 Å². The number of methoxy groups -OCH3 is 1. The Hall–Kier alpha value is -4.63. The lowest BCUT2D eigenvalue weighted by atomic mass is 10.1. The lowest BCUT2D eigenvalue weighted by Gasteiger charge is -2.16. The molecule has 0 aromatic heterocycles. The standard InChI is InChI=1S/C28H24ClN3O6/c1-16(2)38-28(36)18-10-14-20(15-11-18)32-26(34)23(29)24(27(32)35)30-19-12-8-17(9-13-19)25(33)31-21-6-4-5-7-22(21)37-3/h4-16,30H,1-3H3,(H,31,33). The van der Waals surface area contributed by atoms with E-state index in [2.05, 4.69) is 10.6 Å². The first-order chi connectivity index (χ1) is 18.2. The van der Waals surface area contributed by atoms with Gasteiger partial charge in [-0.2, -0.15) is 0 Å². The molecule has 0 fully saturated rings. The minimum atomic E-state index is -0.704. The molecular formula is C28H24ClN3O6. The molecule has 10 heteroatoms. The van der Waals surface area contributed by atoms with E-state index in [-0.39, 0.29) is 34.0 Å². The lowest BCUT2D eigenvalue weighted by Crippen LogP contribution is -2.32. The van der Waals surface area contributed by atoms with Gasteiger partial charge < -0.3 is 20.1 Å². The number of imide groups is 1. The Balaban J connectivity index is 1.45. The molecule has 0 bridgehead atoms. The summed E-state index contributed by atoms with van der Waals surface area (Å²) >= 11 is 6.21. The Labute approximate surface area is 224 Å². The summed E-state index contributed by atoms with van der Waals surface area (Å²) in [6, 6.07) is 19.2. The van der Waals surface area contributed by atoms with E-state index in [9.17, 15) is 19.2 Å². The molecule has 0 atom stereocenters. The highest BCUT2D eigenvalue weighted by Crippen LogP contribution is 2.31. The molecule has 194 valence electrons. The van der Waals surface area contributed by atoms with Crippen LogP contribution in [0.1, 0.15) is 34.6 Å². The number of nitrogens with one attached hydrogen (secondary N) is 2. The van der Waals surface area contributed by atoms with Crippen LogP contribution in [0.5, 0.6) is 5.75 Å². The summed E-state index contributed by atoms with van der Waals surface area (Å²) in [6.07, 6.45) is -0.281. The molecule has 0 aliphatic carbocycles. The Morgan fingerprint density at radius 2 is 1.50 bits per heavy atom. The molecule has 0 saturated carbocycles. The number of benzene rings is 3. The van der Waals surface area contributed by atoms with Crippen molar-refractivity contribution in [2.45, 2.75) is 20.0 Å². The van der Waals surface area contributed by atoms with Gasteiger partial charge in [0.1, 0.15) is 16.5 Å². The summed E-state index contributed by atoms with van der Waals surface area (Å²) in [5.74, 6) is -1.69. The average Bonchev–Trinajstić information content (AvgIpc) is 3.12. The number of hydrogen-bond acceptors (Lipinski definition) is 7. The summed E-state index contributed by atoms with van der Waals surface area (Å²) in [6.45, 7) is 3.47. The molecule has 4 rings (SSSR count). The Bertz CT molecular complexity index is 1430. The van der Waals surface area contributed by atoms with E-state index in [1.165, 1.54) is 31.4 Å². The molecule has 1 aliphatic rings. The first-order valence-corrected chi connectivity index (χ1v) is 12.0. The van der Waals surface area contributed by atoms with Gasteiger partial charge in [-0.1, -0.05) is 23.7 Å². The maximum atomic E-state index is 13.1. The van der Waals surface area contributed by atoms with E-state index in [1.807, 2.05) is 0 Å². The molecule has 0 unspecified atom stereocenters. The molecule has 1 heterocycles. The van der Waals surface area contributed by atoms with Crippen LogP contribution in [0.15, 0.2) is 83.5 Å². The quantitative estimate of drug-likeness (QED) is 0.311. The number of para-hydroxylation sites is 2. The van der Waals surface area contributed by atoms with Crippen LogP contribution in [-0.4, -0.2) is 36.9 Å². The predicted molar refractivity (Wildman–Crippen MR) is 143 cm³/mol. The average molecular weight is 534 g/mol. The number of amides is 3. The predicted octanol–water partition coefficient (Wildman–Crippen LogP) is 4.95. The SMILES string of the molecule is COc1ccccc1NC(=O)c1ccc(NC2=C(Cl)C(=O)N(c3ccc(C(=O)OC(C)C)cc3)C2=O)cc1. The van der Waals surface area contributed by atoms with Crippen molar-refractivity contribution in [1.29, 1.82) is 0 Å². The van der Waals surface area contributed by atoms with Crippen LogP contribution in [0.3, 0.4) is 0 Å². The minimum absolute atomic E-state index is 0.105. The minimum Gasteiger partial charge on any atom is -0.495 e. The van der Waals surface area contributed by atoms with Crippen molar-refractivity contribution in [2.24, 2.45) is 0 Å². The normalized spacial score (nSPS) is 13.1. The zero-order valence-electron chi connectivity index (χ0n) is 20.8. The number of hydrogen-bond donors (Lipinski definition) is 2. The fraction of sp³-hybridized carbons (Fsp3) is 0.143. The number of ether oxygens (including phenoxy) is 2. The molecule has 2 N–H and O–H groups in total. The fourth-order valence-electron chi connectivity index (χ4n) is 3.67. The molecular weight excluding hydrogens is 510 g/mol. The molecule has 38 heavy (non-hydrogen) atoms. The van der Waals surface area contributed by atoms with Crippen LogP contribution in [0, 0.1) is 0 Å². The highest BCUT2D eigenvalue weighted by molar-refractivity contribution is 6.53. The van der Waals surface area contributed by atoms with Crippen LogP contribution in [0.4, 0.5) is 17.1 Å². The summed E-state index contributed by atoms with van der Waals surface area (Å²) in [5, 5.41) is 5.37. The van der Waals surface area contributed by atoms with E-state index < -0.39 is 17.8 Å². The second-order valence-electron chi connectivity index (χ2n) is 8.49. The molecule has 0 saturated heterocycles. The van der Waals surface area contributed by atoms with Crippen LogP contribution in [0.2, 0.25) is 0 Å². The number of nitrogens with zero attached hydrogens (tertiary/aromatic N) is 1. The van der Waals surface area contributed by atoms with Gasteiger partial charge in [-0.05, 0) is 74.5 Å². The molecule has 0 spiro atoms. The van der Waals surface area contributed by atoms with Crippen LogP contribution in [-0.2, 0) is 14.3 Å². The van der Waals surface area contributed by atoms with Crippen LogP contribution >= 0.6 is 11.6 Å². The van der Waals surface area contributed by atoms with E-state index in [4.69, 9.17) is 21.1 Å². The van der Waals surface area contributed by atoms with Crippen molar-refractivity contribution >= 4 is 52.4 Å². The largest absolute Gasteiger partial charge is 0.495 e. The van der Waals surface area contributed by atoms with Gasteiger partial charge in [0.2, 0.25) is 0 Å². The van der Waals surface area contributed by atoms with Gasteiger partial charge in [0.05, 0.1) is 30.2 Å². The molecule has 3 aromatic rings. The number of carbonyl (C=O) groups excluding carboxylic acids is 4. The van der Waals surface area contributed by atoms with E-state index >= 15 is 0 Å². The first kappa shape index (κ1) is 26.4. The molecule has 3 aromatic carbocycles. The second kappa shape index (κ2) is 11.2. The van der Waals surface area contributed by atoms with E-state index in [0.29, 0.717) is 22.7 Å². The molecule has 1 aliphatic heterocycles. The second-order valence-corrected chi connectivity index (χ2v) is 8.87. The summed E-state index contributed by atoms with van der Waals surface area (Å²) in [5.41, 5.74) is 1.77. The number of rotatable bonds is 8. The van der Waals surface area contributed by atoms with Gasteiger partial charge in [-0.3, -0.25) is 14.4 Å². The Kier molecular flexibility index (Phi) is 7.78. The van der Waals surface area contributed by atoms with Crippen LogP contribution < -0.4 is 20.3 Å². The van der Waals surface area contributed by atoms with Gasteiger partial charge in [0.25, 0.3) is 17.7 Å². The molecule has 3 amide bonds. The van der Waals surface area contributed by atoms with Crippen molar-refractivity contribution in [1.82, 2.24) is 0 Å². The maximum absolute atomic E-state index is 13.1. The van der Waals surface area contributed by atoms with Crippen molar-refractivity contribution in [3.8, 4) is 5.75 Å². The smallest absolute Gasteiger partial charge is 0.338 e. The third kappa shape index (κ3) is 5.52. The Morgan fingerprint density at radius 1 is 0.868 bits per heavy atom. The number of halogens is 1.